The van der Waals surface area contributed by atoms with E-state index in [1.165, 1.54) is 6.07 Å². The van der Waals surface area contributed by atoms with Crippen molar-refractivity contribution in [2.45, 2.75) is 19.9 Å². The van der Waals surface area contributed by atoms with Gasteiger partial charge < -0.3 is 4.57 Å². The molecular formula is C9H12N2OS. The fraction of sp³-hybridized carbons (Fsp3) is 0.333. The van der Waals surface area contributed by atoms with Crippen molar-refractivity contribution < 1.29 is 0 Å². The SMILES string of the molecule is CC/C=C/Cn1ccc(=O)[nH]c1=S. The molecule has 0 aromatic carbocycles. The molecule has 0 aliphatic heterocycles. The van der Waals surface area contributed by atoms with E-state index >= 15 is 0 Å². The lowest BCUT2D eigenvalue weighted by atomic mass is 10.4. The number of hydrogen-bond donors (Lipinski definition) is 1. The molecule has 0 amide bonds. The molecule has 70 valence electrons. The van der Waals surface area contributed by atoms with E-state index in [4.69, 9.17) is 12.2 Å². The maximum atomic E-state index is 10.8. The minimum absolute atomic E-state index is 0.152. The first-order valence-corrected chi connectivity index (χ1v) is 4.59. The van der Waals surface area contributed by atoms with Crippen LogP contribution in [0.15, 0.2) is 29.2 Å². The van der Waals surface area contributed by atoms with Crippen molar-refractivity contribution in [3.8, 4) is 0 Å². The number of hydrogen-bond acceptors (Lipinski definition) is 2. The highest BCUT2D eigenvalue weighted by molar-refractivity contribution is 7.71. The number of aromatic amines is 1. The Morgan fingerprint density at radius 2 is 2.38 bits per heavy atom. The molecule has 1 rings (SSSR count). The molecule has 0 unspecified atom stereocenters. The number of H-pyrrole nitrogens is 1. The van der Waals surface area contributed by atoms with Gasteiger partial charge in [0.2, 0.25) is 0 Å². The number of nitrogens with one attached hydrogen (secondary N) is 1. The van der Waals surface area contributed by atoms with Crippen molar-refractivity contribution in [3.63, 3.8) is 0 Å². The summed E-state index contributed by atoms with van der Waals surface area (Å²) in [6, 6.07) is 1.47. The predicted molar refractivity (Wildman–Crippen MR) is 55.3 cm³/mol. The molecule has 1 heterocycles. The quantitative estimate of drug-likeness (QED) is 0.592. The van der Waals surface area contributed by atoms with E-state index in [9.17, 15) is 4.79 Å². The molecule has 0 radical (unpaired) electrons. The van der Waals surface area contributed by atoms with E-state index in [2.05, 4.69) is 18.0 Å². The third-order valence-corrected chi connectivity index (χ3v) is 1.94. The number of aromatic nitrogens is 2. The van der Waals surface area contributed by atoms with E-state index in [1.54, 1.807) is 6.20 Å². The van der Waals surface area contributed by atoms with Crippen molar-refractivity contribution in [3.05, 3.63) is 39.5 Å². The summed E-state index contributed by atoms with van der Waals surface area (Å²) in [5.41, 5.74) is -0.152. The maximum Gasteiger partial charge on any atom is 0.251 e. The van der Waals surface area contributed by atoms with Gasteiger partial charge in [-0.1, -0.05) is 19.1 Å². The molecular weight excluding hydrogens is 184 g/mol. The summed E-state index contributed by atoms with van der Waals surface area (Å²) in [6.07, 6.45) is 6.79. The van der Waals surface area contributed by atoms with Crippen LogP contribution in [-0.4, -0.2) is 9.55 Å². The smallest absolute Gasteiger partial charge is 0.251 e. The lowest BCUT2D eigenvalue weighted by molar-refractivity contribution is 0.760. The summed E-state index contributed by atoms with van der Waals surface area (Å²) in [6.45, 7) is 2.78. The summed E-state index contributed by atoms with van der Waals surface area (Å²) < 4.78 is 2.27. The standard InChI is InChI=1S/C9H12N2OS/c1-2-3-4-6-11-7-5-8(12)10-9(11)13/h3-5,7H,2,6H2,1H3,(H,10,12,13)/b4-3+. The number of nitrogens with zero attached hydrogens (tertiary/aromatic N) is 1. The van der Waals surface area contributed by atoms with Crippen molar-refractivity contribution in [2.24, 2.45) is 0 Å². The van der Waals surface area contributed by atoms with Crippen LogP contribution in [0, 0.1) is 4.77 Å². The molecule has 0 fully saturated rings. The van der Waals surface area contributed by atoms with E-state index in [0.717, 1.165) is 6.42 Å². The Labute approximate surface area is 81.7 Å². The third-order valence-electron chi connectivity index (χ3n) is 1.60. The third kappa shape index (κ3) is 2.99. The molecule has 0 aliphatic rings. The predicted octanol–water partition coefficient (Wildman–Crippen LogP) is 1.87. The molecule has 0 atom stereocenters. The van der Waals surface area contributed by atoms with Gasteiger partial charge in [-0.05, 0) is 18.6 Å². The number of rotatable bonds is 3. The fourth-order valence-corrected chi connectivity index (χ4v) is 1.18. The first kappa shape index (κ1) is 9.92. The van der Waals surface area contributed by atoms with Gasteiger partial charge in [0.15, 0.2) is 4.77 Å². The molecule has 1 aromatic rings. The first-order chi connectivity index (χ1) is 6.24. The Morgan fingerprint density at radius 1 is 1.62 bits per heavy atom. The molecule has 0 spiro atoms. The van der Waals surface area contributed by atoms with Crippen LogP contribution in [-0.2, 0) is 6.54 Å². The lowest BCUT2D eigenvalue weighted by Gasteiger charge is -2.00. The molecule has 0 bridgehead atoms. The zero-order valence-electron chi connectivity index (χ0n) is 7.49. The van der Waals surface area contributed by atoms with Gasteiger partial charge in [0.25, 0.3) is 5.56 Å². The van der Waals surface area contributed by atoms with E-state index < -0.39 is 0 Å². The average molecular weight is 196 g/mol. The van der Waals surface area contributed by atoms with Crippen LogP contribution in [0.1, 0.15) is 13.3 Å². The molecule has 4 heteroatoms. The Bertz CT molecular complexity index is 403. The minimum Gasteiger partial charge on any atom is -0.321 e. The van der Waals surface area contributed by atoms with Gasteiger partial charge in [-0.2, -0.15) is 0 Å². The molecule has 1 N–H and O–H groups in total. The van der Waals surface area contributed by atoms with Crippen molar-refractivity contribution >= 4 is 12.2 Å². The van der Waals surface area contributed by atoms with Crippen LogP contribution in [0.5, 0.6) is 0 Å². The second kappa shape index (κ2) is 4.77. The normalized spacial score (nSPS) is 10.8. The van der Waals surface area contributed by atoms with E-state index in [1.807, 2.05) is 10.6 Å². The average Bonchev–Trinajstić information content (AvgIpc) is 2.09. The summed E-state index contributed by atoms with van der Waals surface area (Å²) >= 11 is 4.96. The van der Waals surface area contributed by atoms with Crippen LogP contribution in [0.3, 0.4) is 0 Å². The lowest BCUT2D eigenvalue weighted by Crippen LogP contribution is -2.10. The van der Waals surface area contributed by atoms with Crippen LogP contribution in [0.25, 0.3) is 0 Å². The molecule has 0 saturated heterocycles. The van der Waals surface area contributed by atoms with Crippen LogP contribution in [0.2, 0.25) is 0 Å². The summed E-state index contributed by atoms with van der Waals surface area (Å²) in [7, 11) is 0. The zero-order valence-corrected chi connectivity index (χ0v) is 8.30. The Kier molecular flexibility index (Phi) is 3.64. The monoisotopic (exact) mass is 196 g/mol. The van der Waals surface area contributed by atoms with Gasteiger partial charge in [-0.3, -0.25) is 9.78 Å². The van der Waals surface area contributed by atoms with Gasteiger partial charge in [0, 0.05) is 18.8 Å². The highest BCUT2D eigenvalue weighted by Crippen LogP contribution is 1.89. The molecule has 1 aromatic heterocycles. The van der Waals surface area contributed by atoms with Crippen molar-refractivity contribution in [1.82, 2.24) is 9.55 Å². The topological polar surface area (TPSA) is 37.8 Å². The molecule has 0 aliphatic carbocycles. The van der Waals surface area contributed by atoms with Crippen LogP contribution < -0.4 is 5.56 Å². The van der Waals surface area contributed by atoms with Crippen molar-refractivity contribution in [2.75, 3.05) is 0 Å². The second-order valence-electron chi connectivity index (χ2n) is 2.64. The first-order valence-electron chi connectivity index (χ1n) is 4.19. The van der Waals surface area contributed by atoms with Gasteiger partial charge in [-0.15, -0.1) is 0 Å². The Balaban J connectivity index is 2.84. The highest BCUT2D eigenvalue weighted by Gasteiger charge is 1.88. The Morgan fingerprint density at radius 3 is 3.00 bits per heavy atom. The van der Waals surface area contributed by atoms with Crippen molar-refractivity contribution in [1.29, 1.82) is 0 Å². The largest absolute Gasteiger partial charge is 0.321 e. The van der Waals surface area contributed by atoms with Crippen LogP contribution >= 0.6 is 12.2 Å². The molecule has 3 nitrogen and oxygen atoms in total. The summed E-state index contributed by atoms with van der Waals surface area (Å²) in [5, 5.41) is 0. The zero-order chi connectivity index (χ0) is 9.68. The van der Waals surface area contributed by atoms with Gasteiger partial charge in [0.1, 0.15) is 0 Å². The van der Waals surface area contributed by atoms with E-state index in [-0.39, 0.29) is 5.56 Å². The number of allylic oxidation sites excluding steroid dienone is 2. The van der Waals surface area contributed by atoms with E-state index in [0.29, 0.717) is 11.3 Å². The van der Waals surface area contributed by atoms with Crippen LogP contribution in [0.4, 0.5) is 0 Å². The molecule has 0 saturated carbocycles. The minimum atomic E-state index is -0.152. The fourth-order valence-electron chi connectivity index (χ4n) is 0.943. The van der Waals surface area contributed by atoms with Gasteiger partial charge in [0.05, 0.1) is 0 Å². The Hall–Kier alpha value is -1.16. The maximum absolute atomic E-state index is 10.8. The summed E-state index contributed by atoms with van der Waals surface area (Å²) in [5.74, 6) is 0. The summed E-state index contributed by atoms with van der Waals surface area (Å²) in [4.78, 5) is 13.4. The molecule has 13 heavy (non-hydrogen) atoms. The highest BCUT2D eigenvalue weighted by atomic mass is 32.1. The van der Waals surface area contributed by atoms with Gasteiger partial charge in [-0.25, -0.2) is 0 Å². The second-order valence-corrected chi connectivity index (χ2v) is 3.03. The van der Waals surface area contributed by atoms with Gasteiger partial charge >= 0.3 is 0 Å².